The zero-order valence-corrected chi connectivity index (χ0v) is 17.0. The molecule has 0 aliphatic rings. The van der Waals surface area contributed by atoms with Crippen molar-refractivity contribution in [3.05, 3.63) is 76.1 Å². The molecule has 0 saturated heterocycles. The van der Waals surface area contributed by atoms with Crippen LogP contribution in [0.25, 0.3) is 10.9 Å². The van der Waals surface area contributed by atoms with Crippen molar-refractivity contribution >= 4 is 34.3 Å². The van der Waals surface area contributed by atoms with Crippen molar-refractivity contribution in [1.82, 2.24) is 9.55 Å². The van der Waals surface area contributed by atoms with E-state index in [0.29, 0.717) is 33.4 Å². The lowest BCUT2D eigenvalue weighted by molar-refractivity contribution is 0.126. The maximum atomic E-state index is 12.8. The number of nitrogens with zero attached hydrogens (tertiary/aromatic N) is 2. The molecule has 2 aromatic carbocycles. The summed E-state index contributed by atoms with van der Waals surface area (Å²) >= 11 is 7.32. The number of para-hydroxylation sites is 1. The molecule has 1 heterocycles. The summed E-state index contributed by atoms with van der Waals surface area (Å²) in [5.74, 6) is 1.09. The quantitative estimate of drug-likeness (QED) is 0.340. The molecule has 0 amide bonds. The van der Waals surface area contributed by atoms with Gasteiger partial charge in [0.05, 0.1) is 17.0 Å². The molecule has 0 aliphatic carbocycles. The fourth-order valence-corrected chi connectivity index (χ4v) is 3.78. The van der Waals surface area contributed by atoms with E-state index in [1.54, 1.807) is 24.3 Å². The standard InChI is InChI=1S/C21H21ClN2O3S/c1-3-10-24-20(26)17-11-15(22)8-9-18(17)23-21(24)28-13-16(25)12-27-19-7-5-4-6-14(19)2/h3-9,11,16,25H,1,10,12-13H2,2H3/t16-/m0/s1. The minimum Gasteiger partial charge on any atom is -0.491 e. The molecular formula is C21H21ClN2O3S. The molecule has 28 heavy (non-hydrogen) atoms. The Labute approximate surface area is 172 Å². The first-order valence-electron chi connectivity index (χ1n) is 8.80. The number of fused-ring (bicyclic) bond motifs is 1. The lowest BCUT2D eigenvalue weighted by Crippen LogP contribution is -2.25. The topological polar surface area (TPSA) is 64.3 Å². The number of aromatic nitrogens is 2. The molecule has 7 heteroatoms. The van der Waals surface area contributed by atoms with Crippen molar-refractivity contribution < 1.29 is 9.84 Å². The maximum Gasteiger partial charge on any atom is 0.262 e. The number of ether oxygens (including phenoxy) is 1. The van der Waals surface area contributed by atoms with E-state index in [0.717, 1.165) is 11.3 Å². The molecule has 1 atom stereocenters. The van der Waals surface area contributed by atoms with Gasteiger partial charge in [0.15, 0.2) is 5.16 Å². The Balaban J connectivity index is 1.75. The largest absolute Gasteiger partial charge is 0.491 e. The van der Waals surface area contributed by atoms with Crippen LogP contribution >= 0.6 is 23.4 Å². The predicted octanol–water partition coefficient (Wildman–Crippen LogP) is 4.08. The molecule has 0 fully saturated rings. The zero-order valence-electron chi connectivity index (χ0n) is 15.5. The molecule has 0 spiro atoms. The van der Waals surface area contributed by atoms with Crippen LogP contribution in [0.1, 0.15) is 5.56 Å². The second-order valence-corrected chi connectivity index (χ2v) is 7.73. The van der Waals surface area contributed by atoms with Crippen molar-refractivity contribution in [2.75, 3.05) is 12.4 Å². The molecule has 5 nitrogen and oxygen atoms in total. The summed E-state index contributed by atoms with van der Waals surface area (Å²) in [5.41, 5.74) is 1.40. The van der Waals surface area contributed by atoms with E-state index >= 15 is 0 Å². The third-order valence-corrected chi connectivity index (χ3v) is 5.48. The van der Waals surface area contributed by atoms with E-state index in [4.69, 9.17) is 16.3 Å². The van der Waals surface area contributed by atoms with E-state index in [1.807, 2.05) is 31.2 Å². The number of hydrogen-bond donors (Lipinski definition) is 1. The summed E-state index contributed by atoms with van der Waals surface area (Å²) < 4.78 is 7.22. The first-order chi connectivity index (χ1) is 13.5. The van der Waals surface area contributed by atoms with Crippen LogP contribution in [0.4, 0.5) is 0 Å². The summed E-state index contributed by atoms with van der Waals surface area (Å²) in [6, 6.07) is 12.7. The fourth-order valence-electron chi connectivity index (χ4n) is 2.70. The van der Waals surface area contributed by atoms with Crippen LogP contribution in [0, 0.1) is 6.92 Å². The minimum atomic E-state index is -0.709. The van der Waals surface area contributed by atoms with Gasteiger partial charge in [0.2, 0.25) is 0 Å². The van der Waals surface area contributed by atoms with E-state index in [1.165, 1.54) is 16.3 Å². The Morgan fingerprint density at radius 3 is 2.89 bits per heavy atom. The van der Waals surface area contributed by atoms with E-state index < -0.39 is 6.10 Å². The van der Waals surface area contributed by atoms with Crippen molar-refractivity contribution in [2.45, 2.75) is 24.7 Å². The summed E-state index contributed by atoms with van der Waals surface area (Å²) in [6.07, 6.45) is 0.931. The third kappa shape index (κ3) is 4.76. The van der Waals surface area contributed by atoms with Gasteiger partial charge in [-0.3, -0.25) is 9.36 Å². The molecule has 3 rings (SSSR count). The van der Waals surface area contributed by atoms with Gasteiger partial charge in [-0.2, -0.15) is 0 Å². The van der Waals surface area contributed by atoms with Crippen LogP contribution in [0.15, 0.2) is 65.1 Å². The van der Waals surface area contributed by atoms with Crippen LogP contribution in [-0.4, -0.2) is 33.1 Å². The average molecular weight is 417 g/mol. The number of rotatable bonds is 8. The molecule has 0 unspecified atom stereocenters. The number of halogens is 1. The zero-order chi connectivity index (χ0) is 20.1. The lowest BCUT2D eigenvalue weighted by atomic mass is 10.2. The highest BCUT2D eigenvalue weighted by molar-refractivity contribution is 7.99. The Kier molecular flexibility index (Phi) is 6.78. The smallest absolute Gasteiger partial charge is 0.262 e. The van der Waals surface area contributed by atoms with E-state index in [2.05, 4.69) is 11.6 Å². The highest BCUT2D eigenvalue weighted by Gasteiger charge is 2.14. The lowest BCUT2D eigenvalue weighted by Gasteiger charge is -2.15. The minimum absolute atomic E-state index is 0.159. The van der Waals surface area contributed by atoms with Gasteiger partial charge in [-0.25, -0.2) is 4.98 Å². The van der Waals surface area contributed by atoms with Gasteiger partial charge >= 0.3 is 0 Å². The molecule has 1 aromatic heterocycles. The molecule has 3 aromatic rings. The number of benzene rings is 2. The van der Waals surface area contributed by atoms with Gasteiger partial charge in [-0.15, -0.1) is 6.58 Å². The number of hydrogen-bond acceptors (Lipinski definition) is 5. The van der Waals surface area contributed by atoms with Gasteiger partial charge in [0.1, 0.15) is 12.4 Å². The van der Waals surface area contributed by atoms with Crippen LogP contribution < -0.4 is 10.3 Å². The van der Waals surface area contributed by atoms with Crippen molar-refractivity contribution in [3.63, 3.8) is 0 Å². The third-order valence-electron chi connectivity index (χ3n) is 4.12. The predicted molar refractivity (Wildman–Crippen MR) is 115 cm³/mol. The molecule has 146 valence electrons. The number of aliphatic hydroxyl groups excluding tert-OH is 1. The van der Waals surface area contributed by atoms with Gasteiger partial charge in [0, 0.05) is 17.3 Å². The van der Waals surface area contributed by atoms with Crippen molar-refractivity contribution in [1.29, 1.82) is 0 Å². The van der Waals surface area contributed by atoms with Crippen LogP contribution in [0.2, 0.25) is 5.02 Å². The molecule has 0 aliphatic heterocycles. The van der Waals surface area contributed by atoms with Crippen LogP contribution in [-0.2, 0) is 6.54 Å². The summed E-state index contributed by atoms with van der Waals surface area (Å²) in [7, 11) is 0. The summed E-state index contributed by atoms with van der Waals surface area (Å²) in [6.45, 7) is 6.15. The molecular weight excluding hydrogens is 396 g/mol. The van der Waals surface area contributed by atoms with Gasteiger partial charge in [-0.05, 0) is 36.8 Å². The molecule has 0 saturated carbocycles. The molecule has 1 N–H and O–H groups in total. The van der Waals surface area contributed by atoms with Crippen molar-refractivity contribution in [2.24, 2.45) is 0 Å². The Morgan fingerprint density at radius 1 is 1.36 bits per heavy atom. The molecule has 0 radical (unpaired) electrons. The van der Waals surface area contributed by atoms with Crippen LogP contribution in [0.3, 0.4) is 0 Å². The number of thioether (sulfide) groups is 1. The normalized spacial score (nSPS) is 12.1. The second kappa shape index (κ2) is 9.28. The average Bonchev–Trinajstić information content (AvgIpc) is 2.69. The van der Waals surface area contributed by atoms with E-state index in [-0.39, 0.29) is 12.2 Å². The maximum absolute atomic E-state index is 12.8. The first kappa shape index (κ1) is 20.5. The summed E-state index contributed by atoms with van der Waals surface area (Å²) in [5, 5.41) is 11.8. The van der Waals surface area contributed by atoms with Gasteiger partial charge in [0.25, 0.3) is 5.56 Å². The first-order valence-corrected chi connectivity index (χ1v) is 10.2. The van der Waals surface area contributed by atoms with Gasteiger partial charge < -0.3 is 9.84 Å². The highest BCUT2D eigenvalue weighted by Crippen LogP contribution is 2.22. The monoisotopic (exact) mass is 416 g/mol. The van der Waals surface area contributed by atoms with Gasteiger partial charge in [-0.1, -0.05) is 47.6 Å². The number of allylic oxidation sites excluding steroid dienone is 1. The fraction of sp³-hybridized carbons (Fsp3) is 0.238. The van der Waals surface area contributed by atoms with E-state index in [9.17, 15) is 9.90 Å². The molecule has 0 bridgehead atoms. The second-order valence-electron chi connectivity index (χ2n) is 6.30. The Morgan fingerprint density at radius 2 is 2.14 bits per heavy atom. The highest BCUT2D eigenvalue weighted by atomic mass is 35.5. The number of aryl methyl sites for hydroxylation is 1. The Bertz CT molecular complexity index is 1050. The Hall–Kier alpha value is -2.28. The SMILES string of the molecule is C=CCn1c(SC[C@@H](O)COc2ccccc2C)nc2ccc(Cl)cc2c1=O. The van der Waals surface area contributed by atoms with Crippen molar-refractivity contribution in [3.8, 4) is 5.75 Å². The van der Waals surface area contributed by atoms with Crippen LogP contribution in [0.5, 0.6) is 5.75 Å². The summed E-state index contributed by atoms with van der Waals surface area (Å²) in [4.78, 5) is 17.4. The number of aliphatic hydroxyl groups is 1.